The number of aliphatic carboxylic acids is 1. The molecule has 2 rings (SSSR count). The molecule has 4 atom stereocenters. The van der Waals surface area contributed by atoms with Gasteiger partial charge in [-0.3, -0.25) is 19.7 Å². The Hall–Kier alpha value is -2.85. The van der Waals surface area contributed by atoms with Gasteiger partial charge >= 0.3 is 11.9 Å². The number of hydrogen-bond donors (Lipinski definition) is 4. The highest BCUT2D eigenvalue weighted by atomic mass is 16.7. The van der Waals surface area contributed by atoms with Gasteiger partial charge in [-0.15, -0.1) is 0 Å². The fraction of sp³-hybridized carbons (Fsp3) is 0.471. The van der Waals surface area contributed by atoms with Crippen molar-refractivity contribution in [2.45, 2.75) is 31.5 Å². The third-order valence-corrected chi connectivity index (χ3v) is 4.42. The molecule has 6 N–H and O–H groups in total. The van der Waals surface area contributed by atoms with Gasteiger partial charge in [-0.2, -0.15) is 0 Å². The molecule has 10 nitrogen and oxygen atoms in total. The van der Waals surface area contributed by atoms with E-state index >= 15 is 0 Å². The lowest BCUT2D eigenvalue weighted by atomic mass is 9.92. The van der Waals surface area contributed by atoms with E-state index in [1.165, 1.54) is 6.92 Å². The highest BCUT2D eigenvalue weighted by Crippen LogP contribution is 2.32. The molecule has 3 unspecified atom stereocenters. The van der Waals surface area contributed by atoms with E-state index in [0.29, 0.717) is 17.1 Å². The molecule has 27 heavy (non-hydrogen) atoms. The molecule has 1 aromatic carbocycles. The number of carboxylic acid groups (broad SMARTS) is 1. The van der Waals surface area contributed by atoms with Crippen molar-refractivity contribution in [3.8, 4) is 11.5 Å². The van der Waals surface area contributed by atoms with E-state index in [9.17, 15) is 19.5 Å². The summed E-state index contributed by atoms with van der Waals surface area (Å²) in [6, 6.07) is 1.64. The molecule has 1 aliphatic heterocycles. The summed E-state index contributed by atoms with van der Waals surface area (Å²) in [5, 5.41) is 12.4. The summed E-state index contributed by atoms with van der Waals surface area (Å²) < 4.78 is 15.1. The first-order valence-electron chi connectivity index (χ1n) is 8.24. The Morgan fingerprint density at radius 1 is 1.30 bits per heavy atom. The van der Waals surface area contributed by atoms with E-state index < -0.39 is 41.9 Å². The molecule has 0 radical (unpaired) electrons. The lowest BCUT2D eigenvalue weighted by Gasteiger charge is -2.30. The second kappa shape index (κ2) is 8.69. The maximum atomic E-state index is 11.8. The quantitative estimate of drug-likeness (QED) is 0.392. The number of carbonyl (C=O) groups is 3. The number of carbonyl (C=O) groups excluding carboxylic acids is 2. The van der Waals surface area contributed by atoms with Crippen LogP contribution in [-0.4, -0.2) is 55.0 Å². The topological polar surface area (TPSA) is 163 Å². The zero-order valence-electron chi connectivity index (χ0n) is 15.0. The van der Waals surface area contributed by atoms with Crippen LogP contribution in [0.15, 0.2) is 18.2 Å². The van der Waals surface area contributed by atoms with Crippen molar-refractivity contribution in [3.05, 3.63) is 23.8 Å². The minimum atomic E-state index is -1.27. The summed E-state index contributed by atoms with van der Waals surface area (Å²) in [4.78, 5) is 35.1. The minimum Gasteiger partial charge on any atom is -0.480 e. The number of methoxy groups -OCH3 is 1. The summed E-state index contributed by atoms with van der Waals surface area (Å²) in [5.41, 5.74) is 11.8. The van der Waals surface area contributed by atoms with Crippen LogP contribution in [-0.2, 0) is 25.5 Å². The first-order chi connectivity index (χ1) is 12.7. The van der Waals surface area contributed by atoms with Crippen LogP contribution in [0.5, 0.6) is 11.5 Å². The number of hydrogen-bond acceptors (Lipinski definition) is 8. The number of primary amides is 1. The Labute approximate surface area is 155 Å². The van der Waals surface area contributed by atoms with Gasteiger partial charge in [0.1, 0.15) is 12.1 Å². The number of benzene rings is 1. The molecule has 0 aliphatic carbocycles. The summed E-state index contributed by atoms with van der Waals surface area (Å²) in [5.74, 6) is -2.49. The largest absolute Gasteiger partial charge is 0.480 e. The average molecular weight is 381 g/mol. The highest BCUT2D eigenvalue weighted by Gasteiger charge is 2.36. The molecule has 1 amide bonds. The molecule has 10 heteroatoms. The first kappa shape index (κ1) is 20.5. The van der Waals surface area contributed by atoms with Crippen LogP contribution in [0.25, 0.3) is 0 Å². The van der Waals surface area contributed by atoms with Gasteiger partial charge in [0.05, 0.1) is 13.0 Å². The van der Waals surface area contributed by atoms with Crippen LogP contribution < -0.4 is 26.3 Å². The van der Waals surface area contributed by atoms with E-state index in [1.807, 2.05) is 0 Å². The first-order valence-corrected chi connectivity index (χ1v) is 8.24. The smallest absolute Gasteiger partial charge is 0.324 e. The fourth-order valence-corrected chi connectivity index (χ4v) is 2.77. The molecule has 1 aromatic rings. The zero-order valence-corrected chi connectivity index (χ0v) is 15.0. The van der Waals surface area contributed by atoms with Crippen molar-refractivity contribution in [1.29, 1.82) is 0 Å². The van der Waals surface area contributed by atoms with Gasteiger partial charge in [-0.05, 0) is 24.1 Å². The van der Waals surface area contributed by atoms with Gasteiger partial charge in [0.25, 0.3) is 0 Å². The van der Waals surface area contributed by atoms with Crippen LogP contribution in [0, 0.1) is 5.92 Å². The molecule has 0 aromatic heterocycles. The third-order valence-electron chi connectivity index (χ3n) is 4.42. The van der Waals surface area contributed by atoms with Gasteiger partial charge in [-0.1, -0.05) is 13.0 Å². The molecule has 0 fully saturated rings. The van der Waals surface area contributed by atoms with Crippen molar-refractivity contribution in [2.75, 3.05) is 13.9 Å². The van der Waals surface area contributed by atoms with E-state index in [0.717, 1.165) is 7.11 Å². The lowest BCUT2D eigenvalue weighted by Crippen LogP contribution is -2.60. The van der Waals surface area contributed by atoms with Crippen LogP contribution in [0.2, 0.25) is 0 Å². The lowest BCUT2D eigenvalue weighted by molar-refractivity contribution is -0.145. The molecular formula is C17H23N3O7. The average Bonchev–Trinajstić information content (AvgIpc) is 3.10. The molecule has 0 spiro atoms. The number of nitrogens with one attached hydrogen (secondary N) is 1. The number of nitrogens with two attached hydrogens (primary N) is 2. The Morgan fingerprint density at radius 3 is 2.56 bits per heavy atom. The normalized spacial score (nSPS) is 16.9. The number of ether oxygens (including phenoxy) is 3. The Bertz CT molecular complexity index is 724. The molecule has 1 aliphatic rings. The van der Waals surface area contributed by atoms with Crippen LogP contribution in [0.3, 0.4) is 0 Å². The predicted octanol–water partition coefficient (Wildman–Crippen LogP) is -1.01. The molecular weight excluding hydrogens is 358 g/mol. The van der Waals surface area contributed by atoms with Gasteiger partial charge in [0.2, 0.25) is 12.7 Å². The Balaban J connectivity index is 2.21. The molecule has 0 bridgehead atoms. The number of rotatable bonds is 9. The monoisotopic (exact) mass is 381 g/mol. The number of fused-ring (bicyclic) bond motifs is 1. The maximum absolute atomic E-state index is 11.8. The highest BCUT2D eigenvalue weighted by molar-refractivity contribution is 5.82. The molecule has 0 saturated carbocycles. The Morgan fingerprint density at radius 2 is 1.96 bits per heavy atom. The van der Waals surface area contributed by atoms with Gasteiger partial charge < -0.3 is 30.8 Å². The van der Waals surface area contributed by atoms with E-state index in [4.69, 9.17) is 20.9 Å². The van der Waals surface area contributed by atoms with Crippen molar-refractivity contribution in [1.82, 2.24) is 5.32 Å². The van der Waals surface area contributed by atoms with Gasteiger partial charge in [0, 0.05) is 6.04 Å². The molecule has 0 saturated heterocycles. The third kappa shape index (κ3) is 4.86. The maximum Gasteiger partial charge on any atom is 0.324 e. The van der Waals surface area contributed by atoms with Gasteiger partial charge in [-0.25, -0.2) is 0 Å². The van der Waals surface area contributed by atoms with Crippen LogP contribution in [0.4, 0.5) is 0 Å². The van der Waals surface area contributed by atoms with Crippen molar-refractivity contribution >= 4 is 17.8 Å². The summed E-state index contributed by atoms with van der Waals surface area (Å²) in [6.07, 6.45) is 0.0574. The SMILES string of the molecule is COC(=O)[C@@H](N)C(NC(Cc1ccc2c(c1)OCO2)C(=O)O)C(C)C(N)=O. The number of carboxylic acids is 1. The zero-order chi connectivity index (χ0) is 20.1. The molecule has 148 valence electrons. The van der Waals surface area contributed by atoms with E-state index in [1.54, 1.807) is 18.2 Å². The second-order valence-corrected chi connectivity index (χ2v) is 6.21. The summed E-state index contributed by atoms with van der Waals surface area (Å²) in [7, 11) is 1.15. The van der Waals surface area contributed by atoms with Crippen LogP contribution >= 0.6 is 0 Å². The minimum absolute atomic E-state index is 0.0574. The summed E-state index contributed by atoms with van der Waals surface area (Å²) >= 11 is 0. The predicted molar refractivity (Wildman–Crippen MR) is 93.0 cm³/mol. The van der Waals surface area contributed by atoms with Crippen molar-refractivity contribution in [3.63, 3.8) is 0 Å². The van der Waals surface area contributed by atoms with E-state index in [-0.39, 0.29) is 13.2 Å². The van der Waals surface area contributed by atoms with Crippen molar-refractivity contribution in [2.24, 2.45) is 17.4 Å². The van der Waals surface area contributed by atoms with E-state index in [2.05, 4.69) is 10.1 Å². The standard InChI is InChI=1S/C17H23N3O7/c1-8(15(19)21)14(13(18)17(24)25-2)20-10(16(22)23)5-9-3-4-11-12(6-9)27-7-26-11/h3-4,6,8,10,13-14,20H,5,7,18H2,1-2H3,(H2,19,21)(H,22,23)/t8?,10?,13-,14?/m0/s1. The molecule has 1 heterocycles. The second-order valence-electron chi connectivity index (χ2n) is 6.21. The summed E-state index contributed by atoms with van der Waals surface area (Å²) in [6.45, 7) is 1.56. The number of esters is 1. The fourth-order valence-electron chi connectivity index (χ4n) is 2.77. The number of amides is 1. The van der Waals surface area contributed by atoms with Crippen molar-refractivity contribution < 1.29 is 33.7 Å². The Kier molecular flexibility index (Phi) is 6.59. The van der Waals surface area contributed by atoms with Crippen LogP contribution in [0.1, 0.15) is 12.5 Å². The van der Waals surface area contributed by atoms with Gasteiger partial charge in [0.15, 0.2) is 11.5 Å².